The van der Waals surface area contributed by atoms with Gasteiger partial charge in [-0.3, -0.25) is 14.3 Å². The number of rotatable bonds is 6. The minimum atomic E-state index is -0.519. The van der Waals surface area contributed by atoms with Crippen LogP contribution in [0, 0.1) is 11.7 Å². The highest BCUT2D eigenvalue weighted by Crippen LogP contribution is 2.31. The average molecular weight is 533 g/mol. The summed E-state index contributed by atoms with van der Waals surface area (Å²) in [6.07, 6.45) is 3.76. The van der Waals surface area contributed by atoms with Gasteiger partial charge in [-0.1, -0.05) is 0 Å². The molecule has 2 saturated heterocycles. The molecule has 11 nitrogen and oxygen atoms in total. The van der Waals surface area contributed by atoms with Crippen LogP contribution in [-0.4, -0.2) is 70.4 Å². The van der Waals surface area contributed by atoms with Gasteiger partial charge in [0.15, 0.2) is 5.82 Å². The second-order valence-electron chi connectivity index (χ2n) is 10.2. The van der Waals surface area contributed by atoms with Gasteiger partial charge in [0.25, 0.3) is 5.91 Å². The first kappa shape index (κ1) is 25.0. The van der Waals surface area contributed by atoms with Crippen LogP contribution in [0.15, 0.2) is 36.7 Å². The SMILES string of the molecule is CC1CN(c2ccc(C(=O)Nc3cc(F)c4nn(C)cc4c3)c3nc(OCC4CNC(=O)C4)ncc23)CCN1. The van der Waals surface area contributed by atoms with E-state index in [1.54, 1.807) is 31.6 Å². The lowest BCUT2D eigenvalue weighted by atomic mass is 10.1. The molecule has 4 aromatic rings. The average Bonchev–Trinajstić information content (AvgIpc) is 3.51. The molecule has 4 heterocycles. The number of halogens is 1. The van der Waals surface area contributed by atoms with Gasteiger partial charge >= 0.3 is 6.01 Å². The third-order valence-corrected chi connectivity index (χ3v) is 7.10. The summed E-state index contributed by atoms with van der Waals surface area (Å²) >= 11 is 0. The molecular formula is C27H29FN8O3. The van der Waals surface area contributed by atoms with E-state index in [9.17, 15) is 14.0 Å². The Morgan fingerprint density at radius 3 is 2.95 bits per heavy atom. The van der Waals surface area contributed by atoms with Gasteiger partial charge in [-0.15, -0.1) is 0 Å². The Bertz CT molecular complexity index is 1590. The highest BCUT2D eigenvalue weighted by molar-refractivity contribution is 6.14. The molecule has 2 fully saturated rings. The van der Waals surface area contributed by atoms with Crippen molar-refractivity contribution in [1.82, 2.24) is 30.4 Å². The normalized spacial score (nSPS) is 19.5. The van der Waals surface area contributed by atoms with Crippen molar-refractivity contribution in [2.24, 2.45) is 13.0 Å². The van der Waals surface area contributed by atoms with E-state index in [0.717, 1.165) is 30.7 Å². The zero-order valence-corrected chi connectivity index (χ0v) is 21.7. The van der Waals surface area contributed by atoms with E-state index in [1.165, 1.54) is 10.7 Å². The van der Waals surface area contributed by atoms with Gasteiger partial charge in [0, 0.05) is 86.1 Å². The molecule has 6 rings (SSSR count). The maximum atomic E-state index is 14.6. The molecule has 2 aromatic heterocycles. The number of hydrogen-bond acceptors (Lipinski definition) is 8. The van der Waals surface area contributed by atoms with Crippen LogP contribution in [0.3, 0.4) is 0 Å². The van der Waals surface area contributed by atoms with Crippen LogP contribution >= 0.6 is 0 Å². The molecule has 2 amide bonds. The van der Waals surface area contributed by atoms with Crippen LogP contribution in [0.2, 0.25) is 0 Å². The van der Waals surface area contributed by atoms with Gasteiger partial charge < -0.3 is 25.6 Å². The molecule has 0 aliphatic carbocycles. The van der Waals surface area contributed by atoms with Crippen LogP contribution in [-0.2, 0) is 11.8 Å². The molecule has 0 saturated carbocycles. The van der Waals surface area contributed by atoms with E-state index in [4.69, 9.17) is 4.74 Å². The molecule has 202 valence electrons. The maximum Gasteiger partial charge on any atom is 0.316 e. The number of piperazine rings is 1. The largest absolute Gasteiger partial charge is 0.463 e. The number of ether oxygens (including phenoxy) is 1. The smallest absolute Gasteiger partial charge is 0.316 e. The summed E-state index contributed by atoms with van der Waals surface area (Å²) in [5.74, 6) is -0.921. The Hall–Kier alpha value is -4.32. The van der Waals surface area contributed by atoms with Crippen molar-refractivity contribution in [3.05, 3.63) is 48.0 Å². The molecule has 12 heteroatoms. The van der Waals surface area contributed by atoms with E-state index in [1.807, 2.05) is 6.07 Å². The molecule has 0 spiro atoms. The predicted octanol–water partition coefficient (Wildman–Crippen LogP) is 2.22. The summed E-state index contributed by atoms with van der Waals surface area (Å²) in [5.41, 5.74) is 2.23. The molecular weight excluding hydrogens is 503 g/mol. The van der Waals surface area contributed by atoms with Crippen LogP contribution in [0.25, 0.3) is 21.8 Å². The molecule has 2 atom stereocenters. The fourth-order valence-electron chi connectivity index (χ4n) is 5.23. The highest BCUT2D eigenvalue weighted by Gasteiger charge is 2.24. The summed E-state index contributed by atoms with van der Waals surface area (Å²) in [6.45, 7) is 5.39. The van der Waals surface area contributed by atoms with Crippen molar-refractivity contribution in [1.29, 1.82) is 0 Å². The summed E-state index contributed by atoms with van der Waals surface area (Å²) in [6, 6.07) is 7.01. The Kier molecular flexibility index (Phi) is 6.47. The number of anilines is 2. The number of aromatic nitrogens is 4. The first-order chi connectivity index (χ1) is 18.8. The van der Waals surface area contributed by atoms with Crippen molar-refractivity contribution < 1.29 is 18.7 Å². The van der Waals surface area contributed by atoms with Crippen molar-refractivity contribution in [3.63, 3.8) is 0 Å². The van der Waals surface area contributed by atoms with Crippen molar-refractivity contribution >= 4 is 45.0 Å². The number of carbonyl (C=O) groups excluding carboxylic acids is 2. The summed E-state index contributed by atoms with van der Waals surface area (Å²) in [4.78, 5) is 36.3. The van der Waals surface area contributed by atoms with E-state index >= 15 is 0 Å². The zero-order chi connectivity index (χ0) is 27.1. The van der Waals surface area contributed by atoms with Crippen molar-refractivity contribution in [2.75, 3.05) is 43.0 Å². The molecule has 2 aliphatic rings. The number of nitrogens with one attached hydrogen (secondary N) is 3. The number of benzene rings is 2. The number of carbonyl (C=O) groups is 2. The van der Waals surface area contributed by atoms with Crippen LogP contribution in [0.1, 0.15) is 23.7 Å². The van der Waals surface area contributed by atoms with Gasteiger partial charge in [0.2, 0.25) is 5.91 Å². The first-order valence-electron chi connectivity index (χ1n) is 13.0. The molecule has 0 bridgehead atoms. The Morgan fingerprint density at radius 2 is 2.15 bits per heavy atom. The van der Waals surface area contributed by atoms with Crippen molar-refractivity contribution in [2.45, 2.75) is 19.4 Å². The molecule has 2 unspecified atom stereocenters. The summed E-state index contributed by atoms with van der Waals surface area (Å²) < 4.78 is 22.0. The fourth-order valence-corrected chi connectivity index (χ4v) is 5.23. The molecule has 0 radical (unpaired) electrons. The van der Waals surface area contributed by atoms with Crippen LogP contribution in [0.5, 0.6) is 6.01 Å². The third kappa shape index (κ3) is 5.07. The fraction of sp³-hybridized carbons (Fsp3) is 0.370. The Balaban J connectivity index is 1.34. The minimum Gasteiger partial charge on any atom is -0.463 e. The van der Waals surface area contributed by atoms with E-state index in [2.05, 4.69) is 42.8 Å². The van der Waals surface area contributed by atoms with Crippen LogP contribution < -0.4 is 25.6 Å². The van der Waals surface area contributed by atoms with Gasteiger partial charge in [-0.25, -0.2) is 9.37 Å². The minimum absolute atomic E-state index is 0.00205. The van der Waals surface area contributed by atoms with E-state index < -0.39 is 11.7 Å². The quantitative estimate of drug-likeness (QED) is 0.345. The third-order valence-electron chi connectivity index (χ3n) is 7.10. The lowest BCUT2D eigenvalue weighted by molar-refractivity contribution is -0.119. The molecule has 2 aromatic carbocycles. The number of fused-ring (bicyclic) bond motifs is 2. The second kappa shape index (κ2) is 10.1. The lowest BCUT2D eigenvalue weighted by Gasteiger charge is -2.34. The van der Waals surface area contributed by atoms with E-state index in [0.29, 0.717) is 41.2 Å². The van der Waals surface area contributed by atoms with Gasteiger partial charge in [-0.05, 0) is 31.2 Å². The Labute approximate surface area is 223 Å². The van der Waals surface area contributed by atoms with Gasteiger partial charge in [0.05, 0.1) is 17.7 Å². The van der Waals surface area contributed by atoms with Gasteiger partial charge in [-0.2, -0.15) is 10.1 Å². The monoisotopic (exact) mass is 532 g/mol. The highest BCUT2D eigenvalue weighted by atomic mass is 19.1. The zero-order valence-electron chi connectivity index (χ0n) is 21.7. The number of nitrogens with zero attached hydrogens (tertiary/aromatic N) is 5. The standard InChI is InChI=1S/C27H29FN8O3/c1-15-12-36(6-5-29-15)22-4-3-19(26(38)32-18-8-17-13-35(2)34-24(17)21(28)9-18)25-20(22)11-31-27(33-25)39-14-16-7-23(37)30-10-16/h3-4,8-9,11,13,15-16,29H,5-7,10,12,14H2,1-2H3,(H,30,37)(H,32,38). The molecule has 2 aliphatic heterocycles. The Morgan fingerprint density at radius 1 is 1.28 bits per heavy atom. The first-order valence-corrected chi connectivity index (χ1v) is 13.0. The number of amides is 2. The second-order valence-corrected chi connectivity index (χ2v) is 10.2. The summed E-state index contributed by atoms with van der Waals surface area (Å²) in [7, 11) is 1.71. The predicted molar refractivity (Wildman–Crippen MR) is 144 cm³/mol. The lowest BCUT2D eigenvalue weighted by Crippen LogP contribution is -2.49. The van der Waals surface area contributed by atoms with Crippen molar-refractivity contribution in [3.8, 4) is 6.01 Å². The van der Waals surface area contributed by atoms with E-state index in [-0.39, 0.29) is 30.0 Å². The topological polar surface area (TPSA) is 126 Å². The van der Waals surface area contributed by atoms with Gasteiger partial charge in [0.1, 0.15) is 5.52 Å². The number of hydrogen-bond donors (Lipinski definition) is 3. The molecule has 39 heavy (non-hydrogen) atoms. The summed E-state index contributed by atoms with van der Waals surface area (Å²) in [5, 5.41) is 14.5. The van der Waals surface area contributed by atoms with Crippen LogP contribution in [0.4, 0.5) is 15.8 Å². The maximum absolute atomic E-state index is 14.6. The number of aryl methyl sites for hydroxylation is 1. The molecule has 3 N–H and O–H groups in total.